The van der Waals surface area contributed by atoms with Gasteiger partial charge in [-0.05, 0) is 29.8 Å². The highest BCUT2D eigenvalue weighted by Gasteiger charge is 2.14. The molecule has 4 rings (SSSR count). The van der Waals surface area contributed by atoms with E-state index in [9.17, 15) is 4.79 Å². The number of nitrogens with zero attached hydrogens (tertiary/aromatic N) is 4. The topological polar surface area (TPSA) is 104 Å². The average molecular weight is 339 g/mol. The van der Waals surface area contributed by atoms with E-state index in [0.29, 0.717) is 17.2 Å². The van der Waals surface area contributed by atoms with E-state index in [2.05, 4.69) is 20.6 Å². The molecule has 0 saturated heterocycles. The number of benzene rings is 1. The second-order valence-corrected chi connectivity index (χ2v) is 5.19. The summed E-state index contributed by atoms with van der Waals surface area (Å²) in [5, 5.41) is 14.2. The highest BCUT2D eigenvalue weighted by atomic mass is 16.7. The number of rotatable bonds is 4. The van der Waals surface area contributed by atoms with E-state index in [4.69, 9.17) is 13.9 Å². The van der Waals surface area contributed by atoms with E-state index < -0.39 is 5.91 Å². The number of aromatic nitrogens is 4. The number of anilines is 1. The number of amides is 1. The number of ether oxygens (including phenoxy) is 2. The van der Waals surface area contributed by atoms with Crippen molar-refractivity contribution in [2.24, 2.45) is 7.05 Å². The number of carbonyl (C=O) groups is 1. The summed E-state index contributed by atoms with van der Waals surface area (Å²) in [6, 6.07) is 7.15. The first-order valence-corrected chi connectivity index (χ1v) is 7.39. The number of nitrogens with one attached hydrogen (secondary N) is 1. The molecule has 25 heavy (non-hydrogen) atoms. The molecule has 0 spiro atoms. The van der Waals surface area contributed by atoms with Crippen molar-refractivity contribution in [3.63, 3.8) is 0 Å². The number of carbonyl (C=O) groups excluding carboxylic acids is 1. The Bertz CT molecular complexity index is 959. The van der Waals surface area contributed by atoms with Crippen LogP contribution in [0.2, 0.25) is 0 Å². The second kappa shape index (κ2) is 6.11. The minimum absolute atomic E-state index is 0.0107. The van der Waals surface area contributed by atoms with Crippen LogP contribution in [0, 0.1) is 0 Å². The Labute approximate surface area is 141 Å². The molecule has 9 nitrogen and oxygen atoms in total. The molecule has 0 unspecified atom stereocenters. The van der Waals surface area contributed by atoms with Crippen molar-refractivity contribution in [2.45, 2.75) is 0 Å². The van der Waals surface area contributed by atoms with Gasteiger partial charge in [-0.2, -0.15) is 5.10 Å². The summed E-state index contributed by atoms with van der Waals surface area (Å²) in [7, 11) is 1.76. The molecule has 2 aromatic heterocycles. The monoisotopic (exact) mass is 339 g/mol. The van der Waals surface area contributed by atoms with Crippen molar-refractivity contribution in [3.05, 3.63) is 42.1 Å². The maximum atomic E-state index is 12.0. The molecule has 0 radical (unpaired) electrons. The number of hydrogen-bond acceptors (Lipinski definition) is 7. The van der Waals surface area contributed by atoms with Gasteiger partial charge >= 0.3 is 6.01 Å². The Morgan fingerprint density at radius 2 is 2.12 bits per heavy atom. The largest absolute Gasteiger partial charge is 0.454 e. The van der Waals surface area contributed by atoms with Crippen LogP contribution in [-0.2, 0) is 11.8 Å². The Kier molecular flexibility index (Phi) is 3.65. The van der Waals surface area contributed by atoms with Gasteiger partial charge in [0.25, 0.3) is 11.8 Å². The zero-order chi connectivity index (χ0) is 17.2. The van der Waals surface area contributed by atoms with E-state index in [-0.39, 0.29) is 18.7 Å². The second-order valence-electron chi connectivity index (χ2n) is 5.19. The smallest absolute Gasteiger partial charge is 0.322 e. The summed E-state index contributed by atoms with van der Waals surface area (Å²) in [5.41, 5.74) is 1.46. The lowest BCUT2D eigenvalue weighted by Crippen LogP contribution is -2.07. The summed E-state index contributed by atoms with van der Waals surface area (Å²) in [4.78, 5) is 12.0. The van der Waals surface area contributed by atoms with E-state index in [1.165, 1.54) is 6.08 Å². The van der Waals surface area contributed by atoms with Gasteiger partial charge in [-0.25, -0.2) is 0 Å². The van der Waals surface area contributed by atoms with Crippen molar-refractivity contribution < 1.29 is 18.7 Å². The molecular weight excluding hydrogens is 326 g/mol. The van der Waals surface area contributed by atoms with Crippen molar-refractivity contribution in [3.8, 4) is 23.1 Å². The SMILES string of the molecule is Cn1nccc1-c1nnc(NC(=O)C=Cc2ccc3c(c2)OCO3)o1. The van der Waals surface area contributed by atoms with Gasteiger partial charge in [0.05, 0.1) is 0 Å². The molecule has 0 bridgehead atoms. The van der Waals surface area contributed by atoms with E-state index >= 15 is 0 Å². The Balaban J connectivity index is 1.42. The number of aryl methyl sites for hydroxylation is 1. The van der Waals surface area contributed by atoms with E-state index in [1.807, 2.05) is 6.07 Å². The van der Waals surface area contributed by atoms with Crippen LogP contribution in [0.4, 0.5) is 6.01 Å². The third-order valence-electron chi connectivity index (χ3n) is 3.52. The number of hydrogen-bond donors (Lipinski definition) is 1. The van der Waals surface area contributed by atoms with E-state index in [0.717, 1.165) is 5.56 Å². The quantitative estimate of drug-likeness (QED) is 0.723. The fourth-order valence-electron chi connectivity index (χ4n) is 2.30. The summed E-state index contributed by atoms with van der Waals surface area (Å²) >= 11 is 0. The van der Waals surface area contributed by atoms with Gasteiger partial charge < -0.3 is 13.9 Å². The molecule has 1 aliphatic heterocycles. The molecule has 0 saturated carbocycles. The number of fused-ring (bicyclic) bond motifs is 1. The maximum absolute atomic E-state index is 12.0. The molecular formula is C16H13N5O4. The van der Waals surface area contributed by atoms with Gasteiger partial charge in [0.1, 0.15) is 5.69 Å². The van der Waals surface area contributed by atoms with Gasteiger partial charge in [-0.3, -0.25) is 14.8 Å². The highest BCUT2D eigenvalue weighted by Crippen LogP contribution is 2.32. The van der Waals surface area contributed by atoms with Crippen molar-refractivity contribution in [1.82, 2.24) is 20.0 Å². The molecule has 3 aromatic rings. The van der Waals surface area contributed by atoms with Crippen LogP contribution in [0.5, 0.6) is 11.5 Å². The molecule has 3 heterocycles. The van der Waals surface area contributed by atoms with Crippen LogP contribution in [0.25, 0.3) is 17.7 Å². The molecule has 1 N–H and O–H groups in total. The predicted octanol–water partition coefficient (Wildman–Crippen LogP) is 1.85. The molecule has 0 atom stereocenters. The molecule has 1 aliphatic rings. The third-order valence-corrected chi connectivity index (χ3v) is 3.52. The zero-order valence-electron chi connectivity index (χ0n) is 13.2. The average Bonchev–Trinajstić information content (AvgIpc) is 3.33. The molecule has 1 aromatic carbocycles. The highest BCUT2D eigenvalue weighted by molar-refractivity contribution is 6.00. The molecule has 126 valence electrons. The van der Waals surface area contributed by atoms with Crippen molar-refractivity contribution in [2.75, 3.05) is 12.1 Å². The fraction of sp³-hybridized carbons (Fsp3) is 0.125. The van der Waals surface area contributed by atoms with Gasteiger partial charge in [-0.1, -0.05) is 11.2 Å². The fourth-order valence-corrected chi connectivity index (χ4v) is 2.30. The normalized spacial score (nSPS) is 12.7. The maximum Gasteiger partial charge on any atom is 0.322 e. The predicted molar refractivity (Wildman–Crippen MR) is 86.7 cm³/mol. The standard InChI is InChI=1S/C16H13N5O4/c1-21-11(6-7-17-21)15-19-20-16(25-15)18-14(22)5-3-10-2-4-12-13(8-10)24-9-23-12/h2-8H,9H2,1H3,(H,18,20,22). The summed E-state index contributed by atoms with van der Waals surface area (Å²) in [6.45, 7) is 0.207. The summed E-state index contributed by atoms with van der Waals surface area (Å²) in [6.07, 6.45) is 4.63. The molecule has 0 aliphatic carbocycles. The van der Waals surface area contributed by atoms with Crippen LogP contribution in [0.1, 0.15) is 5.56 Å². The molecule has 0 fully saturated rings. The van der Waals surface area contributed by atoms with Crippen LogP contribution >= 0.6 is 0 Å². The first kappa shape index (κ1) is 14.9. The van der Waals surface area contributed by atoms with Gasteiger partial charge in [0.2, 0.25) is 6.79 Å². The lowest BCUT2D eigenvalue weighted by molar-refractivity contribution is -0.112. The lowest BCUT2D eigenvalue weighted by atomic mass is 10.2. The zero-order valence-corrected chi connectivity index (χ0v) is 13.2. The van der Waals surface area contributed by atoms with Crippen LogP contribution in [0.15, 0.2) is 41.0 Å². The first-order valence-electron chi connectivity index (χ1n) is 7.39. The minimum Gasteiger partial charge on any atom is -0.454 e. The third kappa shape index (κ3) is 3.07. The van der Waals surface area contributed by atoms with Crippen LogP contribution in [-0.4, -0.2) is 32.7 Å². The minimum atomic E-state index is -0.391. The van der Waals surface area contributed by atoms with Gasteiger partial charge in [0, 0.05) is 19.3 Å². The van der Waals surface area contributed by atoms with Crippen molar-refractivity contribution >= 4 is 18.0 Å². The summed E-state index contributed by atoms with van der Waals surface area (Å²) < 4.78 is 17.5. The van der Waals surface area contributed by atoms with Gasteiger partial charge in [0.15, 0.2) is 11.5 Å². The van der Waals surface area contributed by atoms with E-state index in [1.54, 1.807) is 42.2 Å². The van der Waals surface area contributed by atoms with Crippen LogP contribution < -0.4 is 14.8 Å². The Morgan fingerprint density at radius 1 is 1.24 bits per heavy atom. The molecule has 9 heteroatoms. The van der Waals surface area contributed by atoms with Crippen molar-refractivity contribution in [1.29, 1.82) is 0 Å². The van der Waals surface area contributed by atoms with Crippen LogP contribution in [0.3, 0.4) is 0 Å². The lowest BCUT2D eigenvalue weighted by Gasteiger charge is -1.98. The van der Waals surface area contributed by atoms with Gasteiger partial charge in [-0.15, -0.1) is 5.10 Å². The Hall–Kier alpha value is -3.62. The molecule has 1 amide bonds. The summed E-state index contributed by atoms with van der Waals surface area (Å²) in [5.74, 6) is 1.23. The Morgan fingerprint density at radius 3 is 2.96 bits per heavy atom. The first-order chi connectivity index (χ1) is 12.2.